The van der Waals surface area contributed by atoms with Crippen molar-refractivity contribution in [2.75, 3.05) is 5.32 Å². The number of nitrogens with zero attached hydrogens (tertiary/aromatic N) is 1. The molecule has 0 bridgehead atoms. The molecule has 86 valence electrons. The number of anilines is 1. The summed E-state index contributed by atoms with van der Waals surface area (Å²) >= 11 is 6.32. The molecule has 1 rings (SSSR count). The summed E-state index contributed by atoms with van der Waals surface area (Å²) in [7, 11) is 0. The molecule has 0 radical (unpaired) electrons. The average molecular weight is 352 g/mol. The van der Waals surface area contributed by atoms with Crippen molar-refractivity contribution in [1.29, 1.82) is 0 Å². The lowest BCUT2D eigenvalue weighted by Gasteiger charge is -2.09. The molecule has 7 heteroatoms. The third-order valence-corrected chi connectivity index (χ3v) is 3.90. The zero-order valence-electron chi connectivity index (χ0n) is 8.51. The Bertz CT molecular complexity index is 474. The monoisotopic (exact) mass is 350 g/mol. The minimum atomic E-state index is -0.491. The van der Waals surface area contributed by atoms with Gasteiger partial charge < -0.3 is 5.32 Å². The Kier molecular flexibility index (Phi) is 4.03. The second-order valence-corrected chi connectivity index (χ2v) is 4.78. The largest absolute Gasteiger partial charge is 0.326 e. The van der Waals surface area contributed by atoms with Gasteiger partial charge in [0.1, 0.15) is 4.47 Å². The second-order valence-electron chi connectivity index (χ2n) is 3.13. The predicted octanol–water partition coefficient (Wildman–Crippen LogP) is 3.39. The van der Waals surface area contributed by atoms with Crippen LogP contribution in [-0.4, -0.2) is 10.8 Å². The molecule has 0 atom stereocenters. The van der Waals surface area contributed by atoms with E-state index in [2.05, 4.69) is 37.2 Å². The van der Waals surface area contributed by atoms with Crippen LogP contribution in [0.4, 0.5) is 11.4 Å². The third-order valence-electron chi connectivity index (χ3n) is 1.94. The quantitative estimate of drug-likeness (QED) is 0.655. The van der Waals surface area contributed by atoms with E-state index in [0.29, 0.717) is 20.2 Å². The first-order valence-corrected chi connectivity index (χ1v) is 5.83. The number of halogens is 2. The fraction of sp³-hybridized carbons (Fsp3) is 0.222. The van der Waals surface area contributed by atoms with Crippen LogP contribution in [0.15, 0.2) is 15.0 Å². The molecule has 0 unspecified atom stereocenters. The second kappa shape index (κ2) is 4.92. The maximum absolute atomic E-state index is 10.9. The van der Waals surface area contributed by atoms with Gasteiger partial charge in [0.05, 0.1) is 16.2 Å². The lowest BCUT2D eigenvalue weighted by Crippen LogP contribution is -2.08. The van der Waals surface area contributed by atoms with Crippen molar-refractivity contribution in [3.63, 3.8) is 0 Å². The highest BCUT2D eigenvalue weighted by molar-refractivity contribution is 9.13. The normalized spacial score (nSPS) is 10.0. The van der Waals surface area contributed by atoms with Gasteiger partial charge >= 0.3 is 0 Å². The van der Waals surface area contributed by atoms with E-state index in [1.165, 1.54) is 6.92 Å². The van der Waals surface area contributed by atoms with Gasteiger partial charge in [0.2, 0.25) is 5.91 Å². The van der Waals surface area contributed by atoms with Crippen LogP contribution < -0.4 is 5.32 Å². The fourth-order valence-corrected chi connectivity index (χ4v) is 2.21. The van der Waals surface area contributed by atoms with Crippen LogP contribution in [0.3, 0.4) is 0 Å². The summed E-state index contributed by atoms with van der Waals surface area (Å²) in [5, 5.41) is 13.4. The van der Waals surface area contributed by atoms with Crippen LogP contribution in [0.1, 0.15) is 12.5 Å². The highest BCUT2D eigenvalue weighted by Gasteiger charge is 2.22. The molecule has 16 heavy (non-hydrogen) atoms. The Morgan fingerprint density at radius 3 is 2.50 bits per heavy atom. The molecule has 0 fully saturated rings. The summed E-state index contributed by atoms with van der Waals surface area (Å²) in [6, 6.07) is 1.62. The van der Waals surface area contributed by atoms with Gasteiger partial charge in [-0.1, -0.05) is 0 Å². The van der Waals surface area contributed by atoms with E-state index >= 15 is 0 Å². The molecule has 1 aromatic rings. The third kappa shape index (κ3) is 2.59. The number of benzene rings is 1. The summed E-state index contributed by atoms with van der Waals surface area (Å²) in [6.07, 6.45) is 0. The predicted molar refractivity (Wildman–Crippen MR) is 67.5 cm³/mol. The molecule has 0 aromatic heterocycles. The Labute approximate surface area is 109 Å². The number of hydrogen-bond donors (Lipinski definition) is 1. The molecular weight excluding hydrogens is 344 g/mol. The first-order chi connectivity index (χ1) is 7.34. The lowest BCUT2D eigenvalue weighted by molar-refractivity contribution is -0.386. The summed E-state index contributed by atoms with van der Waals surface area (Å²) in [5.74, 6) is -0.272. The van der Waals surface area contributed by atoms with Gasteiger partial charge in [-0.2, -0.15) is 0 Å². The molecular formula is C9H8Br2N2O3. The Hall–Kier alpha value is -0.950. The molecule has 0 aliphatic carbocycles. The van der Waals surface area contributed by atoms with E-state index in [9.17, 15) is 14.9 Å². The van der Waals surface area contributed by atoms with E-state index in [0.717, 1.165) is 0 Å². The van der Waals surface area contributed by atoms with E-state index in [-0.39, 0.29) is 11.6 Å². The van der Waals surface area contributed by atoms with Crippen molar-refractivity contribution in [2.45, 2.75) is 13.8 Å². The lowest BCUT2D eigenvalue weighted by atomic mass is 10.1. The topological polar surface area (TPSA) is 72.2 Å². The molecule has 0 saturated carbocycles. The van der Waals surface area contributed by atoms with E-state index in [1.54, 1.807) is 13.0 Å². The molecule has 1 N–H and O–H groups in total. The van der Waals surface area contributed by atoms with E-state index in [4.69, 9.17) is 0 Å². The van der Waals surface area contributed by atoms with Gasteiger partial charge in [-0.05, 0) is 44.8 Å². The summed E-state index contributed by atoms with van der Waals surface area (Å²) in [6.45, 7) is 2.93. The molecule has 0 saturated heterocycles. The maximum atomic E-state index is 10.9. The molecule has 1 amide bonds. The van der Waals surface area contributed by atoms with Crippen molar-refractivity contribution in [3.8, 4) is 0 Å². The van der Waals surface area contributed by atoms with E-state index in [1.807, 2.05) is 0 Å². The Balaban J connectivity index is 3.44. The minimum Gasteiger partial charge on any atom is -0.326 e. The van der Waals surface area contributed by atoms with Crippen LogP contribution in [0.2, 0.25) is 0 Å². The average Bonchev–Trinajstić information content (AvgIpc) is 2.13. The SMILES string of the molecule is CC(=O)Nc1cc(Br)c(Br)c([N+](=O)[O-])c1C. The molecule has 0 aliphatic rings. The summed E-state index contributed by atoms with van der Waals surface area (Å²) in [4.78, 5) is 21.3. The van der Waals surface area contributed by atoms with Crippen LogP contribution >= 0.6 is 31.9 Å². The Morgan fingerprint density at radius 1 is 1.50 bits per heavy atom. The van der Waals surface area contributed by atoms with Crippen LogP contribution in [0, 0.1) is 17.0 Å². The molecule has 5 nitrogen and oxygen atoms in total. The first kappa shape index (κ1) is 13.1. The van der Waals surface area contributed by atoms with Gasteiger partial charge in [-0.25, -0.2) is 0 Å². The molecule has 1 aromatic carbocycles. The number of hydrogen-bond acceptors (Lipinski definition) is 3. The maximum Gasteiger partial charge on any atom is 0.289 e. The van der Waals surface area contributed by atoms with Crippen LogP contribution in [0.25, 0.3) is 0 Å². The minimum absolute atomic E-state index is 0.0573. The van der Waals surface area contributed by atoms with Gasteiger partial charge in [-0.15, -0.1) is 0 Å². The van der Waals surface area contributed by atoms with Crippen molar-refractivity contribution in [3.05, 3.63) is 30.7 Å². The smallest absolute Gasteiger partial charge is 0.289 e. The first-order valence-electron chi connectivity index (χ1n) is 4.25. The zero-order chi connectivity index (χ0) is 12.5. The number of rotatable bonds is 2. The number of nitrogens with one attached hydrogen (secondary N) is 1. The number of carbonyl (C=O) groups excluding carboxylic acids is 1. The zero-order valence-corrected chi connectivity index (χ0v) is 11.7. The summed E-state index contributed by atoms with van der Waals surface area (Å²) in [5.41, 5.74) is 0.780. The van der Waals surface area contributed by atoms with Gasteiger partial charge in [0, 0.05) is 11.4 Å². The Morgan fingerprint density at radius 2 is 2.06 bits per heavy atom. The van der Waals surface area contributed by atoms with Crippen molar-refractivity contribution < 1.29 is 9.72 Å². The van der Waals surface area contributed by atoms with Crippen LogP contribution in [0.5, 0.6) is 0 Å². The fourth-order valence-electron chi connectivity index (χ4n) is 1.24. The van der Waals surface area contributed by atoms with Gasteiger partial charge in [0.25, 0.3) is 5.69 Å². The highest BCUT2D eigenvalue weighted by atomic mass is 79.9. The highest BCUT2D eigenvalue weighted by Crippen LogP contribution is 2.39. The molecule has 0 heterocycles. The van der Waals surface area contributed by atoms with Crippen molar-refractivity contribution in [2.24, 2.45) is 0 Å². The standard InChI is InChI=1S/C9H8Br2N2O3/c1-4-7(12-5(2)14)3-6(10)8(11)9(4)13(15)16/h3H,1-2H3,(H,12,14). The van der Waals surface area contributed by atoms with Gasteiger partial charge in [0.15, 0.2) is 0 Å². The van der Waals surface area contributed by atoms with E-state index < -0.39 is 4.92 Å². The van der Waals surface area contributed by atoms with Gasteiger partial charge in [-0.3, -0.25) is 14.9 Å². The summed E-state index contributed by atoms with van der Waals surface area (Å²) < 4.78 is 0.887. The van der Waals surface area contributed by atoms with Crippen LogP contribution in [-0.2, 0) is 4.79 Å². The number of nitro groups is 1. The van der Waals surface area contributed by atoms with Crippen molar-refractivity contribution in [1.82, 2.24) is 0 Å². The molecule has 0 aliphatic heterocycles. The number of amides is 1. The number of carbonyl (C=O) groups is 1. The molecule has 0 spiro atoms. The number of nitro benzene ring substituents is 1. The van der Waals surface area contributed by atoms with Crippen molar-refractivity contribution >= 4 is 49.1 Å².